The van der Waals surface area contributed by atoms with Crippen molar-refractivity contribution in [2.75, 3.05) is 0 Å². The van der Waals surface area contributed by atoms with E-state index in [4.69, 9.17) is 9.68 Å². The van der Waals surface area contributed by atoms with Crippen molar-refractivity contribution < 1.29 is 9.21 Å². The maximum atomic E-state index is 10.9. The van der Waals surface area contributed by atoms with E-state index in [1.165, 1.54) is 0 Å². The molecule has 1 rings (SSSR count). The highest BCUT2D eigenvalue weighted by molar-refractivity contribution is 5.84. The zero-order valence-corrected chi connectivity index (χ0v) is 9.06. The van der Waals surface area contributed by atoms with Gasteiger partial charge in [0, 0.05) is 12.1 Å². The number of nitrogens with zero attached hydrogens (tertiary/aromatic N) is 2. The first-order valence-corrected chi connectivity index (χ1v) is 4.93. The van der Waals surface area contributed by atoms with E-state index in [9.17, 15) is 4.79 Å². The Kier molecular flexibility index (Phi) is 4.80. The maximum Gasteiger partial charge on any atom is 0.254 e. The Morgan fingerprint density at radius 3 is 3.12 bits per heavy atom. The Morgan fingerprint density at radius 2 is 2.50 bits per heavy atom. The summed E-state index contributed by atoms with van der Waals surface area (Å²) in [4.78, 5) is 10.9. The molecule has 1 heterocycles. The summed E-state index contributed by atoms with van der Waals surface area (Å²) in [7, 11) is 0. The van der Waals surface area contributed by atoms with Gasteiger partial charge in [-0.1, -0.05) is 0 Å². The SMILES string of the molecule is C/C(CCc1ccco1)=N/NC(=O)CC#N. The molecule has 0 aliphatic heterocycles. The van der Waals surface area contributed by atoms with Gasteiger partial charge in [-0.2, -0.15) is 10.4 Å². The summed E-state index contributed by atoms with van der Waals surface area (Å²) in [6, 6.07) is 5.47. The Hall–Kier alpha value is -2.09. The van der Waals surface area contributed by atoms with Gasteiger partial charge in [0.05, 0.1) is 12.3 Å². The average Bonchev–Trinajstić information content (AvgIpc) is 2.77. The van der Waals surface area contributed by atoms with Gasteiger partial charge in [-0.3, -0.25) is 4.79 Å². The minimum Gasteiger partial charge on any atom is -0.469 e. The Bertz CT molecular complexity index is 401. The molecule has 0 saturated carbocycles. The van der Waals surface area contributed by atoms with Crippen LogP contribution in [0.2, 0.25) is 0 Å². The van der Waals surface area contributed by atoms with E-state index in [0.717, 1.165) is 17.9 Å². The van der Waals surface area contributed by atoms with Crippen molar-refractivity contribution in [1.29, 1.82) is 5.26 Å². The largest absolute Gasteiger partial charge is 0.469 e. The molecule has 1 N–H and O–H groups in total. The fourth-order valence-electron chi connectivity index (χ4n) is 1.08. The monoisotopic (exact) mass is 219 g/mol. The fraction of sp³-hybridized carbons (Fsp3) is 0.364. The normalized spacial score (nSPS) is 10.9. The topological polar surface area (TPSA) is 78.4 Å². The van der Waals surface area contributed by atoms with E-state index in [2.05, 4.69) is 10.5 Å². The molecule has 5 nitrogen and oxygen atoms in total. The molecule has 0 fully saturated rings. The van der Waals surface area contributed by atoms with Crippen LogP contribution < -0.4 is 5.43 Å². The van der Waals surface area contributed by atoms with Crippen LogP contribution >= 0.6 is 0 Å². The zero-order chi connectivity index (χ0) is 11.8. The number of rotatable bonds is 5. The number of hydrogen-bond acceptors (Lipinski definition) is 4. The van der Waals surface area contributed by atoms with Crippen LogP contribution in [0.3, 0.4) is 0 Å². The molecule has 0 saturated heterocycles. The predicted octanol–water partition coefficient (Wildman–Crippen LogP) is 1.62. The van der Waals surface area contributed by atoms with Gasteiger partial charge in [-0.25, -0.2) is 5.43 Å². The standard InChI is InChI=1S/C11H13N3O2/c1-9(13-14-11(15)6-7-12)4-5-10-3-2-8-16-10/h2-3,8H,4-6H2,1H3,(H,14,15)/b13-9-. The molecule has 0 aliphatic carbocycles. The summed E-state index contributed by atoms with van der Waals surface area (Å²) >= 11 is 0. The number of carbonyl (C=O) groups excluding carboxylic acids is 1. The second kappa shape index (κ2) is 6.40. The third-order valence-corrected chi connectivity index (χ3v) is 1.92. The molecule has 16 heavy (non-hydrogen) atoms. The summed E-state index contributed by atoms with van der Waals surface area (Å²) in [6.45, 7) is 1.82. The highest BCUT2D eigenvalue weighted by Crippen LogP contribution is 2.03. The number of furan rings is 1. The van der Waals surface area contributed by atoms with Crippen molar-refractivity contribution in [2.45, 2.75) is 26.2 Å². The molecular weight excluding hydrogens is 206 g/mol. The van der Waals surface area contributed by atoms with Crippen LogP contribution in [0, 0.1) is 11.3 Å². The van der Waals surface area contributed by atoms with Gasteiger partial charge in [0.25, 0.3) is 5.91 Å². The quantitative estimate of drug-likeness (QED) is 0.603. The molecule has 1 aromatic heterocycles. The molecule has 0 bridgehead atoms. The van der Waals surface area contributed by atoms with Gasteiger partial charge in [-0.15, -0.1) is 0 Å². The minimum absolute atomic E-state index is 0.172. The van der Waals surface area contributed by atoms with E-state index < -0.39 is 0 Å². The van der Waals surface area contributed by atoms with Crippen LogP contribution in [0.1, 0.15) is 25.5 Å². The molecule has 0 radical (unpaired) electrons. The Labute approximate surface area is 93.7 Å². The molecule has 84 valence electrons. The number of nitriles is 1. The second-order valence-electron chi connectivity index (χ2n) is 3.30. The molecule has 0 aliphatic rings. The van der Waals surface area contributed by atoms with Crippen molar-refractivity contribution in [1.82, 2.24) is 5.43 Å². The molecule has 0 spiro atoms. The van der Waals surface area contributed by atoms with Crippen molar-refractivity contribution in [3.05, 3.63) is 24.2 Å². The van der Waals surface area contributed by atoms with Crippen LogP contribution in [0.5, 0.6) is 0 Å². The first-order chi connectivity index (χ1) is 7.72. The van der Waals surface area contributed by atoms with Gasteiger partial charge in [-0.05, 0) is 25.5 Å². The summed E-state index contributed by atoms with van der Waals surface area (Å²) < 4.78 is 5.16. The third kappa shape index (κ3) is 4.42. The number of hydrogen-bond donors (Lipinski definition) is 1. The molecule has 1 aromatic rings. The number of carbonyl (C=O) groups is 1. The second-order valence-corrected chi connectivity index (χ2v) is 3.30. The predicted molar refractivity (Wildman–Crippen MR) is 58.5 cm³/mol. The van der Waals surface area contributed by atoms with Crippen molar-refractivity contribution >= 4 is 11.6 Å². The lowest BCUT2D eigenvalue weighted by Crippen LogP contribution is -2.18. The van der Waals surface area contributed by atoms with Crippen molar-refractivity contribution in [3.8, 4) is 6.07 Å². The van der Waals surface area contributed by atoms with Crippen LogP contribution in [0.15, 0.2) is 27.9 Å². The van der Waals surface area contributed by atoms with E-state index in [-0.39, 0.29) is 12.3 Å². The Balaban J connectivity index is 2.29. The van der Waals surface area contributed by atoms with Crippen molar-refractivity contribution in [2.24, 2.45) is 5.10 Å². The molecule has 1 amide bonds. The molecule has 0 unspecified atom stereocenters. The Morgan fingerprint density at radius 1 is 1.69 bits per heavy atom. The van der Waals surface area contributed by atoms with Gasteiger partial charge >= 0.3 is 0 Å². The minimum atomic E-state index is -0.389. The van der Waals surface area contributed by atoms with E-state index in [0.29, 0.717) is 6.42 Å². The molecular formula is C11H13N3O2. The van der Waals surface area contributed by atoms with Gasteiger partial charge in [0.15, 0.2) is 0 Å². The lowest BCUT2D eigenvalue weighted by Gasteiger charge is -1.99. The van der Waals surface area contributed by atoms with Crippen molar-refractivity contribution in [3.63, 3.8) is 0 Å². The van der Waals surface area contributed by atoms with Crippen LogP contribution in [-0.2, 0) is 11.2 Å². The van der Waals surface area contributed by atoms with Crippen LogP contribution in [0.4, 0.5) is 0 Å². The summed E-state index contributed by atoms with van der Waals surface area (Å²) in [5.74, 6) is 0.498. The smallest absolute Gasteiger partial charge is 0.254 e. The molecule has 0 atom stereocenters. The van der Waals surface area contributed by atoms with E-state index in [1.54, 1.807) is 12.3 Å². The number of amides is 1. The van der Waals surface area contributed by atoms with E-state index >= 15 is 0 Å². The lowest BCUT2D eigenvalue weighted by molar-refractivity contribution is -0.120. The molecule has 0 aromatic carbocycles. The molecule has 5 heteroatoms. The highest BCUT2D eigenvalue weighted by atomic mass is 16.3. The van der Waals surface area contributed by atoms with Gasteiger partial charge in [0.2, 0.25) is 0 Å². The highest BCUT2D eigenvalue weighted by Gasteiger charge is 2.00. The first-order valence-electron chi connectivity index (χ1n) is 4.93. The van der Waals surface area contributed by atoms with E-state index in [1.807, 2.05) is 19.1 Å². The number of hydrazone groups is 1. The third-order valence-electron chi connectivity index (χ3n) is 1.92. The fourth-order valence-corrected chi connectivity index (χ4v) is 1.08. The zero-order valence-electron chi connectivity index (χ0n) is 9.06. The average molecular weight is 219 g/mol. The number of aryl methyl sites for hydroxylation is 1. The van der Waals surface area contributed by atoms with Crippen LogP contribution in [-0.4, -0.2) is 11.6 Å². The first kappa shape index (κ1) is 12.0. The lowest BCUT2D eigenvalue weighted by atomic mass is 10.2. The summed E-state index contributed by atoms with van der Waals surface area (Å²) in [5, 5.41) is 12.1. The van der Waals surface area contributed by atoms with Gasteiger partial charge in [0.1, 0.15) is 12.2 Å². The maximum absolute atomic E-state index is 10.9. The van der Waals surface area contributed by atoms with Gasteiger partial charge < -0.3 is 4.42 Å². The summed E-state index contributed by atoms with van der Waals surface area (Å²) in [5.41, 5.74) is 3.10. The number of nitrogens with one attached hydrogen (secondary N) is 1. The van der Waals surface area contributed by atoms with Crippen LogP contribution in [0.25, 0.3) is 0 Å². The summed E-state index contributed by atoms with van der Waals surface area (Å²) in [6.07, 6.45) is 2.91.